The molecule has 0 saturated heterocycles. The van der Waals surface area contributed by atoms with Gasteiger partial charge >= 0.3 is 5.69 Å². The third kappa shape index (κ3) is 3.25. The maximum atomic E-state index is 10.7. The molecule has 7 nitrogen and oxygen atoms in total. The average molecular weight is 283 g/mol. The summed E-state index contributed by atoms with van der Waals surface area (Å²) in [6, 6.07) is 12.2. The zero-order valence-electron chi connectivity index (χ0n) is 11.4. The molecule has 0 aliphatic carbocycles. The fourth-order valence-electron chi connectivity index (χ4n) is 1.92. The zero-order chi connectivity index (χ0) is 15.4. The largest absolute Gasteiger partial charge is 0.378 e. The van der Waals surface area contributed by atoms with Crippen LogP contribution in [0.5, 0.6) is 0 Å². The van der Waals surface area contributed by atoms with Crippen molar-refractivity contribution < 1.29 is 4.92 Å². The van der Waals surface area contributed by atoms with Gasteiger partial charge in [-0.2, -0.15) is 5.26 Å². The molecule has 1 aromatic carbocycles. The maximum absolute atomic E-state index is 10.7. The fraction of sp³-hybridized carbons (Fsp3) is 0.143. The van der Waals surface area contributed by atoms with Gasteiger partial charge in [0.15, 0.2) is 0 Å². The van der Waals surface area contributed by atoms with Gasteiger partial charge in [0, 0.05) is 19.7 Å². The number of nitro groups is 1. The number of pyridine rings is 1. The molecule has 0 saturated carbocycles. The molecule has 2 aromatic rings. The minimum Gasteiger partial charge on any atom is -0.378 e. The van der Waals surface area contributed by atoms with Gasteiger partial charge in [-0.15, -0.1) is 0 Å². The number of nitrogens with two attached hydrogens (primary N) is 1. The van der Waals surface area contributed by atoms with E-state index >= 15 is 0 Å². The van der Waals surface area contributed by atoms with Crippen molar-refractivity contribution >= 4 is 17.3 Å². The molecule has 0 amide bonds. The molecule has 7 heteroatoms. The second-order valence-corrected chi connectivity index (χ2v) is 4.50. The normalized spacial score (nSPS) is 9.90. The molecule has 1 heterocycles. The van der Waals surface area contributed by atoms with Gasteiger partial charge in [0.1, 0.15) is 5.82 Å². The predicted octanol–water partition coefficient (Wildman–Crippen LogP) is 2.08. The highest BCUT2D eigenvalue weighted by Crippen LogP contribution is 2.23. The monoisotopic (exact) mass is 283 g/mol. The second-order valence-electron chi connectivity index (χ2n) is 4.50. The molecule has 0 radical (unpaired) electrons. The van der Waals surface area contributed by atoms with Crippen LogP contribution in [-0.2, 0) is 6.54 Å². The Morgan fingerprint density at radius 3 is 2.81 bits per heavy atom. The summed E-state index contributed by atoms with van der Waals surface area (Å²) in [5.41, 5.74) is 6.89. The third-order valence-electron chi connectivity index (χ3n) is 2.95. The number of nitrogen functional groups attached to an aromatic ring is 1. The number of nitriles is 1. The van der Waals surface area contributed by atoms with E-state index in [1.807, 2.05) is 6.07 Å². The van der Waals surface area contributed by atoms with Gasteiger partial charge in [-0.3, -0.25) is 10.1 Å². The van der Waals surface area contributed by atoms with Gasteiger partial charge in [-0.25, -0.2) is 4.98 Å². The lowest BCUT2D eigenvalue weighted by molar-refractivity contribution is -0.384. The Hall–Kier alpha value is -3.14. The average Bonchev–Trinajstić information content (AvgIpc) is 2.46. The van der Waals surface area contributed by atoms with Crippen LogP contribution in [0.3, 0.4) is 0 Å². The summed E-state index contributed by atoms with van der Waals surface area (Å²) in [4.78, 5) is 16.0. The first-order valence-corrected chi connectivity index (χ1v) is 6.12. The summed E-state index contributed by atoms with van der Waals surface area (Å²) in [5.74, 6) is 0.413. The van der Waals surface area contributed by atoms with Crippen LogP contribution in [0.2, 0.25) is 0 Å². The van der Waals surface area contributed by atoms with Crippen LogP contribution in [0.25, 0.3) is 0 Å². The maximum Gasteiger partial charge on any atom is 0.311 e. The smallest absolute Gasteiger partial charge is 0.311 e. The Bertz CT molecular complexity index is 724. The van der Waals surface area contributed by atoms with Crippen molar-refractivity contribution in [2.24, 2.45) is 0 Å². The first-order valence-electron chi connectivity index (χ1n) is 6.12. The summed E-state index contributed by atoms with van der Waals surface area (Å²) in [5, 5.41) is 19.6. The molecule has 21 heavy (non-hydrogen) atoms. The van der Waals surface area contributed by atoms with E-state index in [2.05, 4.69) is 11.1 Å². The van der Waals surface area contributed by atoms with Crippen molar-refractivity contribution in [2.45, 2.75) is 6.54 Å². The molecular formula is C14H13N5O2. The summed E-state index contributed by atoms with van der Waals surface area (Å²) in [6.45, 7) is 0.514. The number of rotatable bonds is 4. The molecule has 2 rings (SSSR count). The number of benzene rings is 1. The van der Waals surface area contributed by atoms with Gasteiger partial charge in [0.25, 0.3) is 0 Å². The van der Waals surface area contributed by atoms with Crippen LogP contribution in [0.4, 0.5) is 17.3 Å². The SMILES string of the molecule is CN(Cc1cccc(C#N)c1)c1ccc([N+](=O)[O-])c(N)n1. The van der Waals surface area contributed by atoms with Crippen LogP contribution < -0.4 is 10.6 Å². The van der Waals surface area contributed by atoms with Crippen LogP contribution in [0, 0.1) is 21.4 Å². The Morgan fingerprint density at radius 1 is 1.43 bits per heavy atom. The summed E-state index contributed by atoms with van der Waals surface area (Å²) >= 11 is 0. The van der Waals surface area contributed by atoms with Gasteiger partial charge in [-0.05, 0) is 23.8 Å². The number of anilines is 2. The molecule has 1 aromatic heterocycles. The van der Waals surface area contributed by atoms with E-state index in [0.29, 0.717) is 17.9 Å². The van der Waals surface area contributed by atoms with E-state index in [9.17, 15) is 10.1 Å². The van der Waals surface area contributed by atoms with Crippen molar-refractivity contribution in [1.82, 2.24) is 4.98 Å². The highest BCUT2D eigenvalue weighted by atomic mass is 16.6. The summed E-state index contributed by atoms with van der Waals surface area (Å²) in [7, 11) is 1.80. The minimum absolute atomic E-state index is 0.116. The van der Waals surface area contributed by atoms with E-state index in [-0.39, 0.29) is 11.5 Å². The first-order chi connectivity index (χ1) is 10.0. The van der Waals surface area contributed by atoms with Gasteiger partial charge in [0.05, 0.1) is 16.6 Å². The third-order valence-corrected chi connectivity index (χ3v) is 2.95. The lowest BCUT2D eigenvalue weighted by Gasteiger charge is -2.18. The second kappa shape index (κ2) is 5.88. The van der Waals surface area contributed by atoms with Crippen LogP contribution in [0.1, 0.15) is 11.1 Å². The van der Waals surface area contributed by atoms with E-state index in [4.69, 9.17) is 11.0 Å². The zero-order valence-corrected chi connectivity index (χ0v) is 11.4. The van der Waals surface area contributed by atoms with E-state index in [1.54, 1.807) is 36.2 Å². The highest BCUT2D eigenvalue weighted by Gasteiger charge is 2.14. The number of aromatic nitrogens is 1. The van der Waals surface area contributed by atoms with Crippen molar-refractivity contribution in [2.75, 3.05) is 17.7 Å². The van der Waals surface area contributed by atoms with Gasteiger partial charge in [-0.1, -0.05) is 12.1 Å². The number of nitrogens with zero attached hydrogens (tertiary/aromatic N) is 4. The molecule has 0 unspecified atom stereocenters. The Morgan fingerprint density at radius 2 is 2.19 bits per heavy atom. The van der Waals surface area contributed by atoms with Crippen LogP contribution in [-0.4, -0.2) is 17.0 Å². The number of hydrogen-bond donors (Lipinski definition) is 1. The predicted molar refractivity (Wildman–Crippen MR) is 78.6 cm³/mol. The van der Waals surface area contributed by atoms with E-state index in [0.717, 1.165) is 5.56 Å². The van der Waals surface area contributed by atoms with Crippen LogP contribution in [0.15, 0.2) is 36.4 Å². The molecule has 0 atom stereocenters. The molecule has 0 bridgehead atoms. The van der Waals surface area contributed by atoms with Crippen molar-refractivity contribution in [1.29, 1.82) is 5.26 Å². The Balaban J connectivity index is 2.20. The molecule has 0 fully saturated rings. The quantitative estimate of drug-likeness (QED) is 0.679. The Kier molecular flexibility index (Phi) is 4.00. The summed E-state index contributed by atoms with van der Waals surface area (Å²) in [6.07, 6.45) is 0. The standard InChI is InChI=1S/C14H13N5O2/c1-18(9-11-4-2-3-10(7-11)8-15)13-6-5-12(19(20)21)14(16)17-13/h2-7H,9H2,1H3,(H2,16,17). The van der Waals surface area contributed by atoms with E-state index < -0.39 is 4.92 Å². The van der Waals surface area contributed by atoms with Crippen molar-refractivity contribution in [3.05, 3.63) is 57.6 Å². The molecule has 0 aliphatic heterocycles. The minimum atomic E-state index is -0.567. The topological polar surface area (TPSA) is 109 Å². The Labute approximate surface area is 121 Å². The molecule has 106 valence electrons. The lowest BCUT2D eigenvalue weighted by Crippen LogP contribution is -2.18. The summed E-state index contributed by atoms with van der Waals surface area (Å²) < 4.78 is 0. The van der Waals surface area contributed by atoms with E-state index in [1.165, 1.54) is 6.07 Å². The number of hydrogen-bond acceptors (Lipinski definition) is 6. The highest BCUT2D eigenvalue weighted by molar-refractivity contribution is 5.57. The van der Waals surface area contributed by atoms with Crippen molar-refractivity contribution in [3.8, 4) is 6.07 Å². The first kappa shape index (κ1) is 14.3. The van der Waals surface area contributed by atoms with Gasteiger partial charge < -0.3 is 10.6 Å². The lowest BCUT2D eigenvalue weighted by atomic mass is 10.1. The molecule has 0 aliphatic rings. The molecule has 0 spiro atoms. The van der Waals surface area contributed by atoms with Crippen LogP contribution >= 0.6 is 0 Å². The molecular weight excluding hydrogens is 270 g/mol. The van der Waals surface area contributed by atoms with Crippen molar-refractivity contribution in [3.63, 3.8) is 0 Å². The van der Waals surface area contributed by atoms with Gasteiger partial charge in [0.2, 0.25) is 5.82 Å². The fourth-order valence-corrected chi connectivity index (χ4v) is 1.92. The molecule has 2 N–H and O–H groups in total.